The summed E-state index contributed by atoms with van der Waals surface area (Å²) in [6.45, 7) is 6.57. The fourth-order valence-electron chi connectivity index (χ4n) is 0.969. The molecule has 0 heterocycles. The molecule has 0 aromatic rings. The first-order valence-electron chi connectivity index (χ1n) is 5.23. The van der Waals surface area contributed by atoms with Gasteiger partial charge in [-0.25, -0.2) is 8.42 Å². The molecule has 0 radical (unpaired) electrons. The van der Waals surface area contributed by atoms with Crippen LogP contribution in [0.2, 0.25) is 0 Å². The zero-order valence-electron chi connectivity index (χ0n) is 10.9. The normalized spacial score (nSPS) is 12.8. The molecule has 0 spiro atoms. The van der Waals surface area contributed by atoms with Crippen LogP contribution in [0.1, 0.15) is 13.3 Å². The van der Waals surface area contributed by atoms with Crippen LogP contribution in [0.5, 0.6) is 0 Å². The van der Waals surface area contributed by atoms with Crippen molar-refractivity contribution in [1.29, 1.82) is 0 Å². The van der Waals surface area contributed by atoms with Crippen molar-refractivity contribution < 1.29 is 57.1 Å². The Kier molecular flexibility index (Phi) is 13.2. The van der Waals surface area contributed by atoms with E-state index in [0.29, 0.717) is 13.2 Å². The van der Waals surface area contributed by atoms with Crippen molar-refractivity contribution in [3.63, 3.8) is 0 Å². The zero-order chi connectivity index (χ0) is 13.3. The Morgan fingerprint density at radius 1 is 1.33 bits per heavy atom. The summed E-state index contributed by atoms with van der Waals surface area (Å²) in [6, 6.07) is 0. The largest absolute Gasteiger partial charge is 1.00 e. The summed E-state index contributed by atoms with van der Waals surface area (Å²) in [5.41, 5.74) is 1.03. The third-order valence-electron chi connectivity index (χ3n) is 1.75. The van der Waals surface area contributed by atoms with Gasteiger partial charge in [0.05, 0.1) is 48.4 Å². The van der Waals surface area contributed by atoms with E-state index >= 15 is 0 Å². The van der Waals surface area contributed by atoms with Crippen molar-refractivity contribution in [3.8, 4) is 0 Å². The second-order valence-electron chi connectivity index (χ2n) is 3.77. The second kappa shape index (κ2) is 11.4. The summed E-state index contributed by atoms with van der Waals surface area (Å²) in [6.07, 6.45) is -0.509. The molecule has 0 saturated heterocycles. The van der Waals surface area contributed by atoms with Crippen LogP contribution in [0.4, 0.5) is 0 Å². The molecule has 0 aromatic carbocycles. The van der Waals surface area contributed by atoms with E-state index in [4.69, 9.17) is 14.6 Å². The van der Waals surface area contributed by atoms with Gasteiger partial charge in [0, 0.05) is 0 Å². The molecule has 0 saturated carbocycles. The van der Waals surface area contributed by atoms with E-state index < -0.39 is 22.0 Å². The van der Waals surface area contributed by atoms with Crippen LogP contribution in [-0.2, 0) is 19.6 Å². The van der Waals surface area contributed by atoms with Crippen LogP contribution >= 0.6 is 0 Å². The number of hydrogen-bond acceptors (Lipinski definition) is 6. The Hall–Kier alpha value is 0.530. The minimum atomic E-state index is -4.41. The first kappa shape index (κ1) is 20.8. The number of ether oxygens (including phenoxy) is 2. The molecule has 1 unspecified atom stereocenters. The van der Waals surface area contributed by atoms with E-state index in [1.165, 1.54) is 0 Å². The first-order chi connectivity index (χ1) is 7.81. The van der Waals surface area contributed by atoms with Gasteiger partial charge in [0.15, 0.2) is 0 Å². The Labute approximate surface area is 130 Å². The van der Waals surface area contributed by atoms with E-state index in [1.807, 2.05) is 6.92 Å². The van der Waals surface area contributed by atoms with Gasteiger partial charge >= 0.3 is 29.6 Å². The van der Waals surface area contributed by atoms with E-state index in [2.05, 4.69) is 6.58 Å². The van der Waals surface area contributed by atoms with Crippen molar-refractivity contribution in [2.75, 3.05) is 32.2 Å². The number of rotatable bonds is 10. The quantitative estimate of drug-likeness (QED) is 0.198. The van der Waals surface area contributed by atoms with Crippen molar-refractivity contribution in [1.82, 2.24) is 0 Å². The molecule has 0 fully saturated rings. The molecule has 8 heteroatoms. The van der Waals surface area contributed by atoms with Gasteiger partial charge in [0.1, 0.15) is 0 Å². The zero-order valence-corrected chi connectivity index (χ0v) is 13.7. The molecule has 102 valence electrons. The van der Waals surface area contributed by atoms with E-state index in [9.17, 15) is 13.0 Å². The summed E-state index contributed by atoms with van der Waals surface area (Å²) in [5.74, 6) is -0.830. The third-order valence-corrected chi connectivity index (χ3v) is 2.54. The van der Waals surface area contributed by atoms with E-state index in [-0.39, 0.29) is 42.8 Å². The molecule has 0 aliphatic carbocycles. The molecule has 6 nitrogen and oxygen atoms in total. The topological polar surface area (TPSA) is 95.9 Å². The molecule has 0 bridgehead atoms. The van der Waals surface area contributed by atoms with Gasteiger partial charge < -0.3 is 19.1 Å². The van der Waals surface area contributed by atoms with Gasteiger partial charge in [-0.3, -0.25) is 0 Å². The fraction of sp³-hybridized carbons (Fsp3) is 0.800. The molecule has 0 rings (SSSR count). The van der Waals surface area contributed by atoms with Crippen LogP contribution in [0.25, 0.3) is 0 Å². The molecule has 0 aliphatic rings. The van der Waals surface area contributed by atoms with Crippen molar-refractivity contribution >= 4 is 10.1 Å². The van der Waals surface area contributed by atoms with Gasteiger partial charge in [-0.15, -0.1) is 6.58 Å². The first-order valence-corrected chi connectivity index (χ1v) is 6.80. The van der Waals surface area contributed by atoms with Crippen LogP contribution in [-0.4, -0.2) is 56.4 Å². The summed E-state index contributed by atoms with van der Waals surface area (Å²) in [7, 11) is -4.41. The second-order valence-corrected chi connectivity index (χ2v) is 5.22. The summed E-state index contributed by atoms with van der Waals surface area (Å²) < 4.78 is 41.0. The molecule has 1 N–H and O–H groups in total. The monoisotopic (exact) mass is 290 g/mol. The van der Waals surface area contributed by atoms with Crippen molar-refractivity contribution in [2.24, 2.45) is 0 Å². The number of aliphatic hydroxyl groups excluding tert-OH is 1. The number of aliphatic hydroxyl groups is 1. The molecular formula is C10H19NaO6S. The standard InChI is InChI=1S/C10H20O6S.Na/c1-9(2)3-4-15-5-6-16-7-10(11)8-17(12,13)14;/h10-11H,1,3-8H2,2H3,(H,12,13,14);/q;+1/p-1. The minimum absolute atomic E-state index is 0. The van der Waals surface area contributed by atoms with E-state index in [0.717, 1.165) is 12.0 Å². The smallest absolute Gasteiger partial charge is 0.748 e. The van der Waals surface area contributed by atoms with Gasteiger partial charge in [0.2, 0.25) is 0 Å². The van der Waals surface area contributed by atoms with Crippen LogP contribution in [0.3, 0.4) is 0 Å². The third kappa shape index (κ3) is 16.5. The van der Waals surface area contributed by atoms with Crippen LogP contribution in [0.15, 0.2) is 12.2 Å². The summed E-state index contributed by atoms with van der Waals surface area (Å²) in [4.78, 5) is 0. The SMILES string of the molecule is C=C(C)CCOCCOCC(O)CS(=O)(=O)[O-].[Na+]. The van der Waals surface area contributed by atoms with Gasteiger partial charge in [0.25, 0.3) is 0 Å². The van der Waals surface area contributed by atoms with Gasteiger partial charge in [-0.1, -0.05) is 5.57 Å². The predicted molar refractivity (Wildman–Crippen MR) is 61.6 cm³/mol. The predicted octanol–water partition coefficient (Wildman–Crippen LogP) is -3.10. The maximum Gasteiger partial charge on any atom is 1.00 e. The Morgan fingerprint density at radius 2 is 1.89 bits per heavy atom. The van der Waals surface area contributed by atoms with Crippen LogP contribution < -0.4 is 29.6 Å². The minimum Gasteiger partial charge on any atom is -0.748 e. The maximum atomic E-state index is 10.3. The fourth-order valence-corrected chi connectivity index (χ4v) is 1.54. The molecule has 18 heavy (non-hydrogen) atoms. The Bertz CT molecular complexity index is 316. The Morgan fingerprint density at radius 3 is 2.39 bits per heavy atom. The maximum absolute atomic E-state index is 10.3. The molecule has 0 aliphatic heterocycles. The summed E-state index contributed by atoms with van der Waals surface area (Å²) in [5, 5.41) is 9.10. The Balaban J connectivity index is 0. The molecule has 1 atom stereocenters. The molecular weight excluding hydrogens is 271 g/mol. The number of hydrogen-bond donors (Lipinski definition) is 1. The molecule has 0 amide bonds. The van der Waals surface area contributed by atoms with Crippen molar-refractivity contribution in [2.45, 2.75) is 19.4 Å². The molecule has 0 aromatic heterocycles. The van der Waals surface area contributed by atoms with Gasteiger partial charge in [-0.2, -0.15) is 0 Å². The average molecular weight is 290 g/mol. The van der Waals surface area contributed by atoms with Gasteiger partial charge in [-0.05, 0) is 13.3 Å². The van der Waals surface area contributed by atoms with Crippen LogP contribution in [0, 0.1) is 0 Å². The average Bonchev–Trinajstić information content (AvgIpc) is 2.12. The summed E-state index contributed by atoms with van der Waals surface area (Å²) >= 11 is 0. The van der Waals surface area contributed by atoms with E-state index in [1.54, 1.807) is 0 Å². The van der Waals surface area contributed by atoms with Crippen molar-refractivity contribution in [3.05, 3.63) is 12.2 Å².